The number of pyridine rings is 1. The van der Waals surface area contributed by atoms with Gasteiger partial charge < -0.3 is 4.74 Å². The van der Waals surface area contributed by atoms with Crippen LogP contribution < -0.4 is 5.14 Å². The largest absolute Gasteiger partial charge is 0.368 e. The smallest absolute Gasteiger partial charge is 0.214 e. The van der Waals surface area contributed by atoms with Crippen LogP contribution in [-0.2, 0) is 14.8 Å². The molecule has 0 radical (unpaired) electrons. The summed E-state index contributed by atoms with van der Waals surface area (Å²) in [5, 5.41) is 4.76. The standard InChI is InChI=1S/C11H17ClN2O3S/c1-7(2)17-11(8(3)18(13,15)16)10-5-4-9(12)6-14-10/h4-8,11H,1-3H3,(H2,13,15,16). The zero-order valence-electron chi connectivity index (χ0n) is 10.5. The molecule has 2 atom stereocenters. The quantitative estimate of drug-likeness (QED) is 0.898. The van der Waals surface area contributed by atoms with Gasteiger partial charge in [0.25, 0.3) is 0 Å². The van der Waals surface area contributed by atoms with E-state index in [9.17, 15) is 8.42 Å². The fraction of sp³-hybridized carbons (Fsp3) is 0.545. The molecule has 0 saturated heterocycles. The molecule has 2 N–H and O–H groups in total. The lowest BCUT2D eigenvalue weighted by Crippen LogP contribution is -2.34. The van der Waals surface area contributed by atoms with Gasteiger partial charge in [-0.05, 0) is 32.9 Å². The molecule has 0 aliphatic rings. The Bertz CT molecular complexity index is 488. The summed E-state index contributed by atoms with van der Waals surface area (Å²) in [6.45, 7) is 5.14. The first kappa shape index (κ1) is 15.4. The summed E-state index contributed by atoms with van der Waals surface area (Å²) in [7, 11) is -3.70. The van der Waals surface area contributed by atoms with E-state index in [2.05, 4.69) is 4.98 Å². The number of hydrogen-bond donors (Lipinski definition) is 1. The second-order valence-corrected chi connectivity index (χ2v) is 6.66. The number of aromatic nitrogens is 1. The van der Waals surface area contributed by atoms with Crippen LogP contribution in [0.25, 0.3) is 0 Å². The van der Waals surface area contributed by atoms with E-state index in [0.717, 1.165) is 0 Å². The molecule has 102 valence electrons. The van der Waals surface area contributed by atoms with Gasteiger partial charge >= 0.3 is 0 Å². The summed E-state index contributed by atoms with van der Waals surface area (Å²) in [6.07, 6.45) is 0.595. The summed E-state index contributed by atoms with van der Waals surface area (Å²) >= 11 is 5.75. The molecule has 0 aromatic carbocycles. The molecule has 0 fully saturated rings. The predicted molar refractivity (Wildman–Crippen MR) is 70.8 cm³/mol. The van der Waals surface area contributed by atoms with Gasteiger partial charge in [0, 0.05) is 6.20 Å². The van der Waals surface area contributed by atoms with Gasteiger partial charge in [0.15, 0.2) is 0 Å². The van der Waals surface area contributed by atoms with Crippen molar-refractivity contribution in [2.45, 2.75) is 38.2 Å². The highest BCUT2D eigenvalue weighted by molar-refractivity contribution is 7.89. The van der Waals surface area contributed by atoms with E-state index in [1.807, 2.05) is 13.8 Å². The second kappa shape index (κ2) is 5.97. The van der Waals surface area contributed by atoms with Crippen molar-refractivity contribution in [3.63, 3.8) is 0 Å². The third kappa shape index (κ3) is 4.20. The van der Waals surface area contributed by atoms with E-state index >= 15 is 0 Å². The number of rotatable bonds is 5. The molecule has 1 aromatic rings. The first-order valence-corrected chi connectivity index (χ1v) is 7.49. The van der Waals surface area contributed by atoms with Gasteiger partial charge in [-0.25, -0.2) is 13.6 Å². The van der Waals surface area contributed by atoms with E-state index in [0.29, 0.717) is 10.7 Å². The molecule has 0 aliphatic heterocycles. The molecule has 1 heterocycles. The molecule has 2 unspecified atom stereocenters. The number of primary sulfonamides is 1. The maximum absolute atomic E-state index is 11.4. The Kier molecular flexibility index (Phi) is 5.10. The number of ether oxygens (including phenoxy) is 1. The predicted octanol–water partition coefficient (Wildman–Crippen LogP) is 1.88. The van der Waals surface area contributed by atoms with E-state index in [-0.39, 0.29) is 6.10 Å². The van der Waals surface area contributed by atoms with Gasteiger partial charge in [0.05, 0.1) is 16.8 Å². The fourth-order valence-electron chi connectivity index (χ4n) is 1.44. The molecule has 0 bridgehead atoms. The first-order chi connectivity index (χ1) is 8.21. The summed E-state index contributed by atoms with van der Waals surface area (Å²) < 4.78 is 28.5. The Morgan fingerprint density at radius 1 is 1.33 bits per heavy atom. The van der Waals surface area contributed by atoms with Gasteiger partial charge in [-0.2, -0.15) is 0 Å². The minimum atomic E-state index is -3.70. The van der Waals surface area contributed by atoms with Crippen LogP contribution in [0.4, 0.5) is 0 Å². The van der Waals surface area contributed by atoms with Crippen molar-refractivity contribution in [3.05, 3.63) is 29.0 Å². The van der Waals surface area contributed by atoms with Crippen molar-refractivity contribution >= 4 is 21.6 Å². The molecule has 5 nitrogen and oxygen atoms in total. The van der Waals surface area contributed by atoms with Crippen LogP contribution in [0, 0.1) is 0 Å². The highest BCUT2D eigenvalue weighted by Gasteiger charge is 2.30. The van der Waals surface area contributed by atoms with Crippen molar-refractivity contribution < 1.29 is 13.2 Å². The van der Waals surface area contributed by atoms with Crippen LogP contribution in [0.3, 0.4) is 0 Å². The van der Waals surface area contributed by atoms with Crippen molar-refractivity contribution in [3.8, 4) is 0 Å². The zero-order valence-corrected chi connectivity index (χ0v) is 12.1. The zero-order chi connectivity index (χ0) is 13.9. The maximum Gasteiger partial charge on any atom is 0.214 e. The van der Waals surface area contributed by atoms with Crippen LogP contribution in [0.2, 0.25) is 5.02 Å². The van der Waals surface area contributed by atoms with E-state index in [4.69, 9.17) is 21.5 Å². The van der Waals surface area contributed by atoms with Crippen molar-refractivity contribution in [1.82, 2.24) is 4.98 Å². The van der Waals surface area contributed by atoms with Crippen molar-refractivity contribution in [1.29, 1.82) is 0 Å². The van der Waals surface area contributed by atoms with Crippen LogP contribution in [-0.4, -0.2) is 24.8 Å². The number of nitrogens with two attached hydrogens (primary N) is 1. The normalized spacial score (nSPS) is 15.7. The van der Waals surface area contributed by atoms with E-state index in [1.165, 1.54) is 13.1 Å². The maximum atomic E-state index is 11.4. The monoisotopic (exact) mass is 292 g/mol. The van der Waals surface area contributed by atoms with Gasteiger partial charge in [-0.3, -0.25) is 4.98 Å². The molecule has 0 saturated carbocycles. The number of sulfonamides is 1. The second-order valence-electron chi connectivity index (χ2n) is 4.30. The lowest BCUT2D eigenvalue weighted by molar-refractivity contribution is 0.00409. The average molecular weight is 293 g/mol. The fourth-order valence-corrected chi connectivity index (χ4v) is 2.10. The summed E-state index contributed by atoms with van der Waals surface area (Å²) in [6, 6.07) is 3.27. The number of hydrogen-bond acceptors (Lipinski definition) is 4. The van der Waals surface area contributed by atoms with E-state index < -0.39 is 21.4 Å². The van der Waals surface area contributed by atoms with Gasteiger partial charge in [-0.15, -0.1) is 0 Å². The van der Waals surface area contributed by atoms with E-state index in [1.54, 1.807) is 12.1 Å². The SMILES string of the molecule is CC(C)OC(c1ccc(Cl)cn1)C(C)S(N)(=O)=O. The van der Waals surface area contributed by atoms with Crippen LogP contribution in [0.15, 0.2) is 18.3 Å². The molecule has 1 rings (SSSR count). The minimum absolute atomic E-state index is 0.142. The molecule has 7 heteroatoms. The van der Waals surface area contributed by atoms with Crippen molar-refractivity contribution in [2.24, 2.45) is 5.14 Å². The third-order valence-electron chi connectivity index (χ3n) is 2.41. The molecular weight excluding hydrogens is 276 g/mol. The first-order valence-electron chi connectivity index (χ1n) is 5.50. The van der Waals surface area contributed by atoms with Gasteiger partial charge in [0.2, 0.25) is 10.0 Å². The Balaban J connectivity index is 3.09. The average Bonchev–Trinajstić information content (AvgIpc) is 2.25. The topological polar surface area (TPSA) is 82.3 Å². The van der Waals surface area contributed by atoms with Crippen molar-refractivity contribution in [2.75, 3.05) is 0 Å². The Morgan fingerprint density at radius 2 is 1.94 bits per heavy atom. The molecular formula is C11H17ClN2O3S. The summed E-state index contributed by atoms with van der Waals surface area (Å²) in [5.74, 6) is 0. The highest BCUT2D eigenvalue weighted by Crippen LogP contribution is 2.25. The Morgan fingerprint density at radius 3 is 2.33 bits per heavy atom. The lowest BCUT2D eigenvalue weighted by atomic mass is 10.1. The molecule has 18 heavy (non-hydrogen) atoms. The Hall–Kier alpha value is -0.690. The third-order valence-corrected chi connectivity index (χ3v) is 3.91. The molecule has 0 aliphatic carbocycles. The summed E-state index contributed by atoms with van der Waals surface area (Å²) in [4.78, 5) is 4.09. The van der Waals surface area contributed by atoms with Crippen LogP contribution in [0.1, 0.15) is 32.6 Å². The lowest BCUT2D eigenvalue weighted by Gasteiger charge is -2.24. The highest BCUT2D eigenvalue weighted by atomic mass is 35.5. The van der Waals surface area contributed by atoms with Crippen LogP contribution >= 0.6 is 11.6 Å². The van der Waals surface area contributed by atoms with Gasteiger partial charge in [0.1, 0.15) is 11.4 Å². The van der Waals surface area contributed by atoms with Crippen LogP contribution in [0.5, 0.6) is 0 Å². The minimum Gasteiger partial charge on any atom is -0.368 e. The molecule has 0 spiro atoms. The number of halogens is 1. The Labute approximate surface area is 112 Å². The molecule has 1 aromatic heterocycles. The van der Waals surface area contributed by atoms with Gasteiger partial charge in [-0.1, -0.05) is 11.6 Å². The summed E-state index contributed by atoms with van der Waals surface area (Å²) in [5.41, 5.74) is 0.495. The molecule has 0 amide bonds. The number of nitrogens with zero attached hydrogens (tertiary/aromatic N) is 1.